The van der Waals surface area contributed by atoms with Crippen molar-refractivity contribution in [2.45, 2.75) is 4.90 Å². The molecule has 0 aliphatic carbocycles. The number of hydrogen-bond acceptors (Lipinski definition) is 6. The fourth-order valence-corrected chi connectivity index (χ4v) is 3.04. The summed E-state index contributed by atoms with van der Waals surface area (Å²) < 4.78 is 23.9. The van der Waals surface area contributed by atoms with Crippen LogP contribution in [-0.2, 0) is 14.8 Å². The van der Waals surface area contributed by atoms with Crippen molar-refractivity contribution in [2.75, 3.05) is 12.0 Å². The zero-order valence-electron chi connectivity index (χ0n) is 11.2. The molecule has 2 rings (SSSR count). The summed E-state index contributed by atoms with van der Waals surface area (Å²) in [6.45, 7) is 0. The molecule has 1 amide bonds. The Hall–Kier alpha value is -1.93. The molecule has 6 nitrogen and oxygen atoms in total. The van der Waals surface area contributed by atoms with Crippen molar-refractivity contribution in [1.29, 1.82) is 0 Å². The van der Waals surface area contributed by atoms with E-state index in [1.165, 1.54) is 11.8 Å². The fraction of sp³-hybridized carbons (Fsp3) is 0.154. The molecule has 2 heterocycles. The number of nitrogens with zero attached hydrogens (tertiary/aromatic N) is 2. The molecule has 0 aliphatic heterocycles. The zero-order chi connectivity index (χ0) is 15.3. The standard InChI is InChI=1S/C13H13N3O3S2/c1-21(18,19)16-13(17)9-20-12-4-6-15-8-11(12)10-3-2-5-14-7-10/h2-8H,9H2,1H3,(H,16,17). The zero-order valence-corrected chi connectivity index (χ0v) is 12.8. The molecule has 2 aromatic heterocycles. The lowest BCUT2D eigenvalue weighted by molar-refractivity contribution is -0.116. The Kier molecular flexibility index (Phi) is 4.92. The molecule has 0 saturated heterocycles. The van der Waals surface area contributed by atoms with E-state index in [4.69, 9.17) is 0 Å². The molecule has 0 atom stereocenters. The summed E-state index contributed by atoms with van der Waals surface area (Å²) in [6.07, 6.45) is 7.64. The molecule has 0 aromatic carbocycles. The quantitative estimate of drug-likeness (QED) is 0.835. The van der Waals surface area contributed by atoms with Crippen LogP contribution in [-0.4, -0.2) is 36.3 Å². The van der Waals surface area contributed by atoms with Crippen molar-refractivity contribution >= 4 is 27.7 Å². The summed E-state index contributed by atoms with van der Waals surface area (Å²) in [5.41, 5.74) is 1.74. The first kappa shape index (κ1) is 15.5. The Labute approximate surface area is 127 Å². The first-order chi connectivity index (χ1) is 9.96. The number of carbonyl (C=O) groups excluding carboxylic acids is 1. The van der Waals surface area contributed by atoms with Crippen LogP contribution in [0, 0.1) is 0 Å². The van der Waals surface area contributed by atoms with E-state index in [1.54, 1.807) is 30.9 Å². The number of pyridine rings is 2. The van der Waals surface area contributed by atoms with Crippen molar-refractivity contribution in [3.63, 3.8) is 0 Å². The van der Waals surface area contributed by atoms with E-state index >= 15 is 0 Å². The van der Waals surface area contributed by atoms with Crippen molar-refractivity contribution in [2.24, 2.45) is 0 Å². The van der Waals surface area contributed by atoms with Gasteiger partial charge in [-0.15, -0.1) is 11.8 Å². The van der Waals surface area contributed by atoms with Crippen LogP contribution in [0.5, 0.6) is 0 Å². The van der Waals surface area contributed by atoms with E-state index in [9.17, 15) is 13.2 Å². The molecular weight excluding hydrogens is 310 g/mol. The first-order valence-electron chi connectivity index (χ1n) is 5.93. The first-order valence-corrected chi connectivity index (χ1v) is 8.81. The van der Waals surface area contributed by atoms with Crippen LogP contribution in [0.4, 0.5) is 0 Å². The number of nitrogens with one attached hydrogen (secondary N) is 1. The van der Waals surface area contributed by atoms with Gasteiger partial charge in [0.15, 0.2) is 0 Å². The Morgan fingerprint density at radius 1 is 1.24 bits per heavy atom. The summed E-state index contributed by atoms with van der Waals surface area (Å²) in [6, 6.07) is 5.48. The van der Waals surface area contributed by atoms with Crippen LogP contribution in [0.15, 0.2) is 47.9 Å². The molecule has 8 heteroatoms. The molecule has 1 N–H and O–H groups in total. The van der Waals surface area contributed by atoms with Crippen LogP contribution in [0.1, 0.15) is 0 Å². The summed E-state index contributed by atoms with van der Waals surface area (Å²) in [5.74, 6) is -0.555. The van der Waals surface area contributed by atoms with Gasteiger partial charge in [0.2, 0.25) is 15.9 Å². The average Bonchev–Trinajstić information content (AvgIpc) is 2.45. The highest BCUT2D eigenvalue weighted by Gasteiger charge is 2.11. The van der Waals surface area contributed by atoms with Crippen LogP contribution in [0.3, 0.4) is 0 Å². The lowest BCUT2D eigenvalue weighted by Gasteiger charge is -2.08. The van der Waals surface area contributed by atoms with Gasteiger partial charge in [0.1, 0.15) is 0 Å². The summed E-state index contributed by atoms with van der Waals surface area (Å²) in [5, 5.41) is 0. The lowest BCUT2D eigenvalue weighted by Crippen LogP contribution is -2.30. The number of rotatable bonds is 5. The van der Waals surface area contributed by atoms with Gasteiger partial charge in [-0.3, -0.25) is 19.5 Å². The van der Waals surface area contributed by atoms with E-state index in [2.05, 4.69) is 9.97 Å². The highest BCUT2D eigenvalue weighted by molar-refractivity contribution is 8.00. The van der Waals surface area contributed by atoms with E-state index in [0.29, 0.717) is 0 Å². The van der Waals surface area contributed by atoms with Gasteiger partial charge >= 0.3 is 0 Å². The molecule has 0 fully saturated rings. The van der Waals surface area contributed by atoms with Crippen LogP contribution >= 0.6 is 11.8 Å². The number of aromatic nitrogens is 2. The van der Waals surface area contributed by atoms with Crippen LogP contribution in [0.2, 0.25) is 0 Å². The minimum Gasteiger partial charge on any atom is -0.273 e. The number of amides is 1. The summed E-state index contributed by atoms with van der Waals surface area (Å²) >= 11 is 1.25. The van der Waals surface area contributed by atoms with Crippen molar-refractivity contribution in [3.8, 4) is 11.1 Å². The van der Waals surface area contributed by atoms with E-state index in [0.717, 1.165) is 22.3 Å². The third-order valence-corrected chi connectivity index (χ3v) is 4.08. The monoisotopic (exact) mass is 323 g/mol. The molecule has 0 unspecified atom stereocenters. The van der Waals surface area contributed by atoms with Gasteiger partial charge in [-0.1, -0.05) is 6.07 Å². The summed E-state index contributed by atoms with van der Waals surface area (Å²) in [4.78, 5) is 20.5. The van der Waals surface area contributed by atoms with Crippen LogP contribution in [0.25, 0.3) is 11.1 Å². The predicted molar refractivity (Wildman–Crippen MR) is 81.2 cm³/mol. The number of sulfonamides is 1. The van der Waals surface area contributed by atoms with Crippen molar-refractivity contribution < 1.29 is 13.2 Å². The van der Waals surface area contributed by atoms with E-state index in [1.807, 2.05) is 16.9 Å². The van der Waals surface area contributed by atoms with Gasteiger partial charge in [0, 0.05) is 40.8 Å². The fourth-order valence-electron chi connectivity index (χ4n) is 1.63. The second kappa shape index (κ2) is 6.68. The maximum absolute atomic E-state index is 11.5. The molecule has 21 heavy (non-hydrogen) atoms. The molecule has 110 valence electrons. The molecule has 0 radical (unpaired) electrons. The summed E-state index contributed by atoms with van der Waals surface area (Å²) in [7, 11) is -3.53. The molecule has 2 aromatic rings. The third kappa shape index (κ3) is 4.83. The normalized spacial score (nSPS) is 11.1. The molecule has 0 spiro atoms. The topological polar surface area (TPSA) is 89.0 Å². The van der Waals surface area contributed by atoms with Gasteiger partial charge in [-0.05, 0) is 12.1 Å². The molecule has 0 bridgehead atoms. The number of hydrogen-bond donors (Lipinski definition) is 1. The smallest absolute Gasteiger partial charge is 0.243 e. The number of carbonyl (C=O) groups is 1. The maximum Gasteiger partial charge on any atom is 0.243 e. The largest absolute Gasteiger partial charge is 0.273 e. The van der Waals surface area contributed by atoms with Gasteiger partial charge in [-0.2, -0.15) is 0 Å². The lowest BCUT2D eigenvalue weighted by atomic mass is 10.1. The Bertz CT molecular complexity index is 733. The van der Waals surface area contributed by atoms with Gasteiger partial charge in [-0.25, -0.2) is 8.42 Å². The highest BCUT2D eigenvalue weighted by Crippen LogP contribution is 2.29. The minimum atomic E-state index is -3.53. The van der Waals surface area contributed by atoms with Gasteiger partial charge in [0.25, 0.3) is 0 Å². The number of thioether (sulfide) groups is 1. The van der Waals surface area contributed by atoms with Crippen molar-refractivity contribution in [3.05, 3.63) is 43.0 Å². The van der Waals surface area contributed by atoms with Crippen molar-refractivity contribution in [1.82, 2.24) is 14.7 Å². The predicted octanol–water partition coefficient (Wildman–Crippen LogP) is 1.31. The molecule has 0 aliphatic rings. The Morgan fingerprint density at radius 2 is 2.00 bits per heavy atom. The van der Waals surface area contributed by atoms with E-state index < -0.39 is 15.9 Å². The molecule has 0 saturated carbocycles. The Morgan fingerprint density at radius 3 is 2.67 bits per heavy atom. The average molecular weight is 323 g/mol. The minimum absolute atomic E-state index is 0.00431. The van der Waals surface area contributed by atoms with Gasteiger partial charge < -0.3 is 0 Å². The second-order valence-electron chi connectivity index (χ2n) is 4.20. The second-order valence-corrected chi connectivity index (χ2v) is 6.97. The Balaban J connectivity index is 2.13. The highest BCUT2D eigenvalue weighted by atomic mass is 32.2. The maximum atomic E-state index is 11.5. The SMILES string of the molecule is CS(=O)(=O)NC(=O)CSc1ccncc1-c1cccnc1. The van der Waals surface area contributed by atoms with Crippen LogP contribution < -0.4 is 4.72 Å². The van der Waals surface area contributed by atoms with E-state index in [-0.39, 0.29) is 5.75 Å². The van der Waals surface area contributed by atoms with Gasteiger partial charge in [0.05, 0.1) is 12.0 Å². The molecular formula is C13H13N3O3S2. The third-order valence-electron chi connectivity index (χ3n) is 2.41.